The maximum atomic E-state index is 12.9. The van der Waals surface area contributed by atoms with Crippen LogP contribution in [-0.4, -0.2) is 30.3 Å². The highest BCUT2D eigenvalue weighted by molar-refractivity contribution is 5.91. The predicted molar refractivity (Wildman–Crippen MR) is 105 cm³/mol. The van der Waals surface area contributed by atoms with Crippen LogP contribution in [-0.2, 0) is 12.8 Å². The Kier molecular flexibility index (Phi) is 7.37. The molecule has 0 aliphatic heterocycles. The third-order valence-electron chi connectivity index (χ3n) is 4.20. The molecule has 2 N–H and O–H groups in total. The summed E-state index contributed by atoms with van der Waals surface area (Å²) in [7, 11) is 0. The van der Waals surface area contributed by atoms with Gasteiger partial charge in [-0.15, -0.1) is 0 Å². The molecule has 6 nitrogen and oxygen atoms in total. The van der Waals surface area contributed by atoms with E-state index in [4.69, 9.17) is 13.9 Å². The van der Waals surface area contributed by atoms with Crippen LogP contribution in [0.5, 0.6) is 11.5 Å². The van der Waals surface area contributed by atoms with Gasteiger partial charge in [-0.05, 0) is 60.7 Å². The Labute approximate surface area is 180 Å². The van der Waals surface area contributed by atoms with E-state index in [1.165, 1.54) is 30.3 Å². The molecule has 0 saturated heterocycles. The number of aliphatic hydroxyl groups is 1. The van der Waals surface area contributed by atoms with Crippen LogP contribution in [0.1, 0.15) is 21.9 Å². The minimum atomic E-state index is -4.44. The highest BCUT2D eigenvalue weighted by Gasteiger charge is 2.30. The molecular weight excluding hydrogens is 434 g/mol. The molecule has 3 rings (SSSR count). The van der Waals surface area contributed by atoms with Crippen LogP contribution < -0.4 is 14.8 Å². The minimum absolute atomic E-state index is 0.00133. The molecular formula is C22H19F4NO5. The summed E-state index contributed by atoms with van der Waals surface area (Å²) in [4.78, 5) is 12.1. The fraction of sp³-hybridized carbons (Fsp3) is 0.227. The van der Waals surface area contributed by atoms with Gasteiger partial charge in [0, 0.05) is 6.54 Å². The highest BCUT2D eigenvalue weighted by atomic mass is 19.4. The van der Waals surface area contributed by atoms with Crippen molar-refractivity contribution in [2.45, 2.75) is 18.9 Å². The van der Waals surface area contributed by atoms with Crippen molar-refractivity contribution in [3.05, 3.63) is 83.6 Å². The number of hydrogen-bond acceptors (Lipinski definition) is 5. The molecule has 0 aliphatic carbocycles. The summed E-state index contributed by atoms with van der Waals surface area (Å²) in [5.41, 5.74) is -0.807. The average molecular weight is 453 g/mol. The van der Waals surface area contributed by atoms with Gasteiger partial charge >= 0.3 is 6.18 Å². The van der Waals surface area contributed by atoms with Crippen molar-refractivity contribution in [2.75, 3.05) is 13.2 Å². The van der Waals surface area contributed by atoms with E-state index in [2.05, 4.69) is 5.32 Å². The topological polar surface area (TPSA) is 80.9 Å². The Balaban J connectivity index is 1.40. The first-order valence-corrected chi connectivity index (χ1v) is 9.44. The van der Waals surface area contributed by atoms with Crippen LogP contribution in [0.4, 0.5) is 17.6 Å². The minimum Gasteiger partial charge on any atom is -0.491 e. The summed E-state index contributed by atoms with van der Waals surface area (Å²) in [6.07, 6.45) is -5.54. The van der Waals surface area contributed by atoms with Crippen LogP contribution in [0, 0.1) is 5.82 Å². The number of carbonyl (C=O) groups excluding carboxylic acids is 1. The summed E-state index contributed by atoms with van der Waals surface area (Å²) in [6, 6.07) is 12.4. The monoisotopic (exact) mass is 453 g/mol. The van der Waals surface area contributed by atoms with E-state index >= 15 is 0 Å². The molecule has 170 valence electrons. The zero-order valence-electron chi connectivity index (χ0n) is 16.6. The van der Waals surface area contributed by atoms with Crippen molar-refractivity contribution in [2.24, 2.45) is 0 Å². The Morgan fingerprint density at radius 3 is 2.25 bits per heavy atom. The van der Waals surface area contributed by atoms with Gasteiger partial charge in [0.25, 0.3) is 5.91 Å². The maximum Gasteiger partial charge on any atom is 0.416 e. The van der Waals surface area contributed by atoms with E-state index in [9.17, 15) is 27.5 Å². The van der Waals surface area contributed by atoms with Gasteiger partial charge in [0.15, 0.2) is 5.76 Å². The molecule has 2 aromatic carbocycles. The molecule has 1 amide bonds. The number of alkyl halides is 3. The molecule has 1 unspecified atom stereocenters. The van der Waals surface area contributed by atoms with Gasteiger partial charge in [-0.25, -0.2) is 4.39 Å². The molecule has 0 spiro atoms. The molecule has 0 saturated carbocycles. The van der Waals surface area contributed by atoms with Crippen molar-refractivity contribution in [1.82, 2.24) is 5.32 Å². The largest absolute Gasteiger partial charge is 0.491 e. The van der Waals surface area contributed by atoms with Crippen LogP contribution in [0.15, 0.2) is 65.1 Å². The number of benzene rings is 2. The van der Waals surface area contributed by atoms with E-state index in [1.807, 2.05) is 0 Å². The number of halogens is 4. The summed E-state index contributed by atoms with van der Waals surface area (Å²) in [6.45, 7) is -0.370. The number of aliphatic hydroxyl groups excluding tert-OH is 1. The second kappa shape index (κ2) is 10.2. The van der Waals surface area contributed by atoms with Gasteiger partial charge in [-0.2, -0.15) is 13.2 Å². The lowest BCUT2D eigenvalue weighted by molar-refractivity contribution is -0.137. The maximum absolute atomic E-state index is 12.9. The summed E-state index contributed by atoms with van der Waals surface area (Å²) < 4.78 is 66.5. The zero-order chi connectivity index (χ0) is 23.1. The fourth-order valence-corrected chi connectivity index (χ4v) is 2.55. The summed E-state index contributed by atoms with van der Waals surface area (Å²) in [5.74, 6) is -0.0118. The molecule has 1 heterocycles. The van der Waals surface area contributed by atoms with Crippen molar-refractivity contribution in [3.63, 3.8) is 0 Å². The number of hydrogen-bond donors (Lipinski definition) is 2. The van der Waals surface area contributed by atoms with Crippen molar-refractivity contribution in [3.8, 4) is 11.5 Å². The van der Waals surface area contributed by atoms with E-state index in [1.54, 1.807) is 6.07 Å². The van der Waals surface area contributed by atoms with Crippen LogP contribution in [0.25, 0.3) is 0 Å². The van der Waals surface area contributed by atoms with Crippen molar-refractivity contribution < 1.29 is 41.4 Å². The molecule has 1 aromatic heterocycles. The molecule has 0 fully saturated rings. The SMILES string of the molecule is O=C(NCC(O)COc1ccc(C(F)(F)F)cc1)c1ccc(COc2ccc(F)cc2)o1. The van der Waals surface area contributed by atoms with Crippen molar-refractivity contribution >= 4 is 5.91 Å². The number of furan rings is 1. The Morgan fingerprint density at radius 2 is 1.59 bits per heavy atom. The first kappa shape index (κ1) is 23.1. The molecule has 10 heteroatoms. The Hall–Kier alpha value is -3.53. The smallest absolute Gasteiger partial charge is 0.416 e. The molecule has 0 radical (unpaired) electrons. The molecule has 0 aliphatic rings. The van der Waals surface area contributed by atoms with Crippen molar-refractivity contribution in [1.29, 1.82) is 0 Å². The van der Waals surface area contributed by atoms with E-state index < -0.39 is 23.8 Å². The van der Waals surface area contributed by atoms with Gasteiger partial charge < -0.3 is 24.3 Å². The van der Waals surface area contributed by atoms with E-state index in [0.717, 1.165) is 24.3 Å². The lowest BCUT2D eigenvalue weighted by Gasteiger charge is -2.13. The normalized spacial score (nSPS) is 12.3. The molecule has 32 heavy (non-hydrogen) atoms. The number of amides is 1. The lowest BCUT2D eigenvalue weighted by atomic mass is 10.2. The first-order chi connectivity index (χ1) is 15.2. The quantitative estimate of drug-likeness (QED) is 0.475. The highest BCUT2D eigenvalue weighted by Crippen LogP contribution is 2.30. The number of carbonyl (C=O) groups is 1. The van der Waals surface area contributed by atoms with Gasteiger partial charge in [0.05, 0.1) is 5.56 Å². The third-order valence-corrected chi connectivity index (χ3v) is 4.20. The van der Waals surface area contributed by atoms with Crippen LogP contribution >= 0.6 is 0 Å². The summed E-state index contributed by atoms with van der Waals surface area (Å²) in [5, 5.41) is 12.4. The lowest BCUT2D eigenvalue weighted by Crippen LogP contribution is -2.35. The summed E-state index contributed by atoms with van der Waals surface area (Å²) >= 11 is 0. The first-order valence-electron chi connectivity index (χ1n) is 9.44. The van der Waals surface area contributed by atoms with Gasteiger partial charge in [-0.3, -0.25) is 4.79 Å². The number of nitrogens with one attached hydrogen (secondary N) is 1. The number of ether oxygens (including phenoxy) is 2. The predicted octanol–water partition coefficient (Wildman–Crippen LogP) is 4.19. The van der Waals surface area contributed by atoms with Crippen LogP contribution in [0.3, 0.4) is 0 Å². The number of rotatable bonds is 9. The molecule has 3 aromatic rings. The second-order valence-corrected chi connectivity index (χ2v) is 6.71. The van der Waals surface area contributed by atoms with Gasteiger partial charge in [0.2, 0.25) is 0 Å². The van der Waals surface area contributed by atoms with E-state index in [0.29, 0.717) is 11.5 Å². The van der Waals surface area contributed by atoms with Gasteiger partial charge in [0.1, 0.15) is 42.4 Å². The third kappa shape index (κ3) is 6.74. The zero-order valence-corrected chi connectivity index (χ0v) is 16.6. The Morgan fingerprint density at radius 1 is 0.969 bits per heavy atom. The van der Waals surface area contributed by atoms with Gasteiger partial charge in [-0.1, -0.05) is 0 Å². The fourth-order valence-electron chi connectivity index (χ4n) is 2.55. The molecule has 0 bridgehead atoms. The molecule has 1 atom stereocenters. The second-order valence-electron chi connectivity index (χ2n) is 6.71. The standard InChI is InChI=1S/C22H19F4NO5/c23-15-3-7-18(8-4-15)31-13-19-9-10-20(32-19)21(29)27-11-16(28)12-30-17-5-1-14(2-6-17)22(24,25)26/h1-10,16,28H,11-13H2,(H,27,29). The average Bonchev–Trinajstić information content (AvgIpc) is 3.24. The van der Waals surface area contributed by atoms with Crippen LogP contribution in [0.2, 0.25) is 0 Å². The Bertz CT molecular complexity index is 1020. The van der Waals surface area contributed by atoms with E-state index in [-0.39, 0.29) is 37.1 Å².